The molecule has 0 bridgehead atoms. The number of benzene rings is 2. The van der Waals surface area contributed by atoms with E-state index >= 15 is 0 Å². The highest BCUT2D eigenvalue weighted by atomic mass is 35.5. The highest BCUT2D eigenvalue weighted by molar-refractivity contribution is 7.84. The monoisotopic (exact) mass is 305 g/mol. The molecule has 3 nitrogen and oxygen atoms in total. The summed E-state index contributed by atoms with van der Waals surface area (Å²) in [5.41, 5.74) is 1.32. The van der Waals surface area contributed by atoms with Crippen LogP contribution in [0.1, 0.15) is 11.1 Å². The van der Waals surface area contributed by atoms with E-state index in [4.69, 9.17) is 21.6 Å². The predicted octanol–water partition coefficient (Wildman–Crippen LogP) is 3.53. The summed E-state index contributed by atoms with van der Waals surface area (Å²) < 4.78 is 17.4. The van der Waals surface area contributed by atoms with Crippen LogP contribution in [-0.4, -0.2) is 11.3 Å². The lowest BCUT2D eigenvalue weighted by atomic mass is 10.1. The second-order valence-corrected chi connectivity index (χ2v) is 5.98. The van der Waals surface area contributed by atoms with Crippen LogP contribution in [0.5, 0.6) is 5.75 Å². The van der Waals surface area contributed by atoms with E-state index in [9.17, 15) is 4.21 Å². The molecule has 0 saturated carbocycles. The van der Waals surface area contributed by atoms with Gasteiger partial charge in [0.2, 0.25) is 0 Å². The molecule has 5 heteroatoms. The van der Waals surface area contributed by atoms with E-state index in [1.165, 1.54) is 7.11 Å². The summed E-state index contributed by atoms with van der Waals surface area (Å²) >= 11 is 5.80. The maximum atomic E-state index is 12.2. The third kappa shape index (κ3) is 3.38. The average molecular weight is 306 g/mol. The first-order valence-corrected chi connectivity index (χ1v) is 7.54. The van der Waals surface area contributed by atoms with E-state index < -0.39 is 10.8 Å². The van der Waals surface area contributed by atoms with Crippen molar-refractivity contribution in [2.75, 3.05) is 7.11 Å². The Hall–Kier alpha value is -1.83. The van der Waals surface area contributed by atoms with Crippen molar-refractivity contribution in [3.63, 3.8) is 0 Å². The first kappa shape index (κ1) is 14.6. The summed E-state index contributed by atoms with van der Waals surface area (Å²) in [6.45, 7) is 0. The van der Waals surface area contributed by atoms with Crippen molar-refractivity contribution < 1.29 is 8.95 Å². The molecule has 102 valence electrons. The van der Waals surface area contributed by atoms with Crippen LogP contribution in [0.15, 0.2) is 47.4 Å². The second kappa shape index (κ2) is 6.56. The Labute approximate surface area is 125 Å². The molecule has 1 atom stereocenters. The first-order valence-electron chi connectivity index (χ1n) is 5.85. The Kier molecular flexibility index (Phi) is 4.78. The van der Waals surface area contributed by atoms with E-state index in [0.717, 1.165) is 10.5 Å². The van der Waals surface area contributed by atoms with Gasteiger partial charge in [0.1, 0.15) is 11.8 Å². The molecule has 0 spiro atoms. The van der Waals surface area contributed by atoms with E-state index in [2.05, 4.69) is 0 Å². The third-order valence-electron chi connectivity index (χ3n) is 2.76. The van der Waals surface area contributed by atoms with Gasteiger partial charge >= 0.3 is 0 Å². The van der Waals surface area contributed by atoms with Gasteiger partial charge in [-0.2, -0.15) is 5.26 Å². The van der Waals surface area contributed by atoms with Gasteiger partial charge in [-0.05, 0) is 42.0 Å². The summed E-state index contributed by atoms with van der Waals surface area (Å²) in [6.07, 6.45) is 0. The quantitative estimate of drug-likeness (QED) is 0.868. The number of hydrogen-bond donors (Lipinski definition) is 0. The summed E-state index contributed by atoms with van der Waals surface area (Å²) in [7, 11) is 0.351. The lowest BCUT2D eigenvalue weighted by Gasteiger charge is -2.07. The van der Waals surface area contributed by atoms with Crippen molar-refractivity contribution in [2.45, 2.75) is 10.6 Å². The molecule has 0 aliphatic heterocycles. The lowest BCUT2D eigenvalue weighted by molar-refractivity contribution is 0.413. The molecule has 0 saturated heterocycles. The van der Waals surface area contributed by atoms with E-state index in [1.54, 1.807) is 42.5 Å². The van der Waals surface area contributed by atoms with Crippen LogP contribution in [0, 0.1) is 11.3 Å². The lowest BCUT2D eigenvalue weighted by Crippen LogP contribution is -1.98. The zero-order chi connectivity index (χ0) is 14.5. The van der Waals surface area contributed by atoms with Gasteiger partial charge in [-0.1, -0.05) is 17.7 Å². The number of halogens is 1. The maximum Gasteiger partial charge on any atom is 0.136 e. The zero-order valence-electron chi connectivity index (χ0n) is 10.8. The minimum Gasteiger partial charge on any atom is -0.495 e. The number of nitrogens with zero attached hydrogens (tertiary/aromatic N) is 1. The Bertz CT molecular complexity index is 677. The van der Waals surface area contributed by atoms with E-state index in [1.807, 2.05) is 6.07 Å². The Morgan fingerprint density at radius 3 is 2.55 bits per heavy atom. The standard InChI is InChI=1S/C15H12ClNO2S/c1-19-15-8-11(2-3-12(15)9-17)10-20(18)14-6-4-13(16)5-7-14/h2-8H,10H2,1H3. The molecule has 2 aromatic rings. The largest absolute Gasteiger partial charge is 0.495 e. The number of hydrogen-bond acceptors (Lipinski definition) is 3. The Morgan fingerprint density at radius 1 is 1.25 bits per heavy atom. The third-order valence-corrected chi connectivity index (χ3v) is 4.41. The van der Waals surface area contributed by atoms with Crippen molar-refractivity contribution in [3.8, 4) is 11.8 Å². The maximum absolute atomic E-state index is 12.2. The van der Waals surface area contributed by atoms with Crippen molar-refractivity contribution >= 4 is 22.4 Å². The Balaban J connectivity index is 2.20. The van der Waals surface area contributed by atoms with Crippen molar-refractivity contribution in [1.29, 1.82) is 5.26 Å². The van der Waals surface area contributed by atoms with Gasteiger partial charge in [-0.25, -0.2) is 0 Å². The Morgan fingerprint density at radius 2 is 1.95 bits per heavy atom. The highest BCUT2D eigenvalue weighted by Gasteiger charge is 2.08. The molecule has 0 aliphatic rings. The molecule has 20 heavy (non-hydrogen) atoms. The van der Waals surface area contributed by atoms with Crippen LogP contribution in [0.2, 0.25) is 5.02 Å². The summed E-state index contributed by atoms with van der Waals surface area (Å²) in [5, 5.41) is 9.54. The van der Waals surface area contributed by atoms with Gasteiger partial charge in [0.05, 0.1) is 29.2 Å². The van der Waals surface area contributed by atoms with Gasteiger partial charge in [-0.3, -0.25) is 4.21 Å². The molecule has 1 unspecified atom stereocenters. The van der Waals surface area contributed by atoms with Crippen LogP contribution < -0.4 is 4.74 Å². The molecular weight excluding hydrogens is 294 g/mol. The molecule has 0 heterocycles. The van der Waals surface area contributed by atoms with Crippen molar-refractivity contribution in [3.05, 3.63) is 58.6 Å². The van der Waals surface area contributed by atoms with Crippen molar-refractivity contribution in [1.82, 2.24) is 0 Å². The second-order valence-electron chi connectivity index (χ2n) is 4.09. The van der Waals surface area contributed by atoms with E-state index in [0.29, 0.717) is 22.1 Å². The number of methoxy groups -OCH3 is 1. The molecule has 0 radical (unpaired) electrons. The molecule has 0 fully saturated rings. The van der Waals surface area contributed by atoms with Crippen LogP contribution in [0.25, 0.3) is 0 Å². The fourth-order valence-corrected chi connectivity index (χ4v) is 2.95. The predicted molar refractivity (Wildman–Crippen MR) is 79.3 cm³/mol. The number of nitriles is 1. The fourth-order valence-electron chi connectivity index (χ4n) is 1.74. The SMILES string of the molecule is COc1cc(CS(=O)c2ccc(Cl)cc2)ccc1C#N. The molecule has 0 amide bonds. The van der Waals surface area contributed by atoms with Gasteiger partial charge in [0.25, 0.3) is 0 Å². The van der Waals surface area contributed by atoms with Gasteiger partial charge in [0, 0.05) is 9.92 Å². The van der Waals surface area contributed by atoms with Crippen LogP contribution >= 0.6 is 11.6 Å². The molecule has 0 aromatic heterocycles. The number of ether oxygens (including phenoxy) is 1. The zero-order valence-corrected chi connectivity index (χ0v) is 12.4. The average Bonchev–Trinajstić information content (AvgIpc) is 2.47. The minimum atomic E-state index is -1.16. The van der Waals surface area contributed by atoms with Crippen LogP contribution in [-0.2, 0) is 16.6 Å². The minimum absolute atomic E-state index is 0.365. The summed E-state index contributed by atoms with van der Waals surface area (Å²) in [4.78, 5) is 0.720. The van der Waals surface area contributed by atoms with Gasteiger partial charge in [-0.15, -0.1) is 0 Å². The molecular formula is C15H12ClNO2S. The van der Waals surface area contributed by atoms with Crippen molar-refractivity contribution in [2.24, 2.45) is 0 Å². The van der Waals surface area contributed by atoms with Crippen LogP contribution in [0.4, 0.5) is 0 Å². The van der Waals surface area contributed by atoms with Crippen LogP contribution in [0.3, 0.4) is 0 Å². The summed E-state index contributed by atoms with van der Waals surface area (Å²) in [5.74, 6) is 0.863. The molecule has 2 aromatic carbocycles. The molecule has 0 N–H and O–H groups in total. The smallest absolute Gasteiger partial charge is 0.136 e. The molecule has 2 rings (SSSR count). The van der Waals surface area contributed by atoms with Gasteiger partial charge in [0.15, 0.2) is 0 Å². The highest BCUT2D eigenvalue weighted by Crippen LogP contribution is 2.22. The molecule has 0 aliphatic carbocycles. The van der Waals surface area contributed by atoms with E-state index in [-0.39, 0.29) is 0 Å². The topological polar surface area (TPSA) is 50.1 Å². The summed E-state index contributed by atoms with van der Waals surface area (Å²) in [6, 6.07) is 14.2. The van der Waals surface area contributed by atoms with Gasteiger partial charge < -0.3 is 4.74 Å². The first-order chi connectivity index (χ1) is 9.63. The normalized spacial score (nSPS) is 11.7. The fraction of sp³-hybridized carbons (Fsp3) is 0.133. The number of rotatable bonds is 4.